The van der Waals surface area contributed by atoms with Crippen molar-refractivity contribution in [3.05, 3.63) is 0 Å². The summed E-state index contributed by atoms with van der Waals surface area (Å²) in [7, 11) is 0. The molecular formula is C12H17N3O3. The fraction of sp³-hybridized carbons (Fsp3) is 0.750. The lowest BCUT2D eigenvalue weighted by Gasteiger charge is -2.22. The summed E-state index contributed by atoms with van der Waals surface area (Å²) in [6.07, 6.45) is 8.13. The molecule has 0 radical (unpaired) electrons. The van der Waals surface area contributed by atoms with Gasteiger partial charge in [-0.25, -0.2) is 24.4 Å². The van der Waals surface area contributed by atoms with Gasteiger partial charge in [0, 0.05) is 0 Å². The van der Waals surface area contributed by atoms with E-state index in [0.29, 0.717) is 32.4 Å². The first-order valence-corrected chi connectivity index (χ1v) is 5.85. The lowest BCUT2D eigenvalue weighted by Crippen LogP contribution is -2.22. The van der Waals surface area contributed by atoms with Crippen LogP contribution in [0, 0.1) is 0 Å². The zero-order valence-electron chi connectivity index (χ0n) is 10.5. The van der Waals surface area contributed by atoms with Crippen molar-refractivity contribution in [1.29, 1.82) is 0 Å². The van der Waals surface area contributed by atoms with Crippen LogP contribution in [0.15, 0.2) is 15.0 Å². The molecule has 0 spiro atoms. The lowest BCUT2D eigenvalue weighted by atomic mass is 9.90. The number of hydrogen-bond acceptors (Lipinski definition) is 6. The highest BCUT2D eigenvalue weighted by molar-refractivity contribution is 5.34. The molecular weight excluding hydrogens is 234 g/mol. The van der Waals surface area contributed by atoms with E-state index in [4.69, 9.17) is 0 Å². The van der Waals surface area contributed by atoms with Crippen LogP contribution < -0.4 is 0 Å². The van der Waals surface area contributed by atoms with Gasteiger partial charge in [0.15, 0.2) is 0 Å². The van der Waals surface area contributed by atoms with E-state index < -0.39 is 5.54 Å². The Morgan fingerprint density at radius 2 is 1.39 bits per heavy atom. The highest BCUT2D eigenvalue weighted by atomic mass is 16.1. The Labute approximate surface area is 106 Å². The van der Waals surface area contributed by atoms with Gasteiger partial charge < -0.3 is 0 Å². The molecule has 0 aromatic carbocycles. The van der Waals surface area contributed by atoms with Gasteiger partial charge in [-0.05, 0) is 39.0 Å². The van der Waals surface area contributed by atoms with Crippen molar-refractivity contribution in [2.75, 3.05) is 13.1 Å². The van der Waals surface area contributed by atoms with Gasteiger partial charge in [-0.1, -0.05) is 0 Å². The lowest BCUT2D eigenvalue weighted by molar-refractivity contribution is 0.378. The fourth-order valence-corrected chi connectivity index (χ4v) is 1.67. The van der Waals surface area contributed by atoms with Crippen LogP contribution in [0.1, 0.15) is 39.0 Å². The first-order valence-electron chi connectivity index (χ1n) is 5.85. The van der Waals surface area contributed by atoms with Crippen LogP contribution in [0.25, 0.3) is 0 Å². The quantitative estimate of drug-likeness (QED) is 0.336. The van der Waals surface area contributed by atoms with E-state index in [2.05, 4.69) is 15.0 Å². The van der Waals surface area contributed by atoms with E-state index >= 15 is 0 Å². The van der Waals surface area contributed by atoms with Crippen molar-refractivity contribution in [2.45, 2.75) is 44.6 Å². The van der Waals surface area contributed by atoms with E-state index in [1.807, 2.05) is 6.92 Å². The maximum atomic E-state index is 10.4. The predicted molar refractivity (Wildman–Crippen MR) is 65.6 cm³/mol. The highest BCUT2D eigenvalue weighted by Gasteiger charge is 2.22. The van der Waals surface area contributed by atoms with Crippen molar-refractivity contribution in [3.63, 3.8) is 0 Å². The predicted octanol–water partition coefficient (Wildman–Crippen LogP) is 1.70. The third-order valence-electron chi connectivity index (χ3n) is 2.67. The van der Waals surface area contributed by atoms with E-state index in [0.717, 1.165) is 12.8 Å². The minimum atomic E-state index is -0.481. The molecule has 0 aromatic rings. The zero-order valence-corrected chi connectivity index (χ0v) is 10.5. The topological polar surface area (TPSA) is 88.3 Å². The number of carbonyl (C=O) groups excluding carboxylic acids is 3. The van der Waals surface area contributed by atoms with Crippen LogP contribution in [-0.4, -0.2) is 36.9 Å². The Balaban J connectivity index is 4.11. The van der Waals surface area contributed by atoms with E-state index in [1.165, 1.54) is 12.2 Å². The number of hydrogen-bond donors (Lipinski definition) is 0. The molecule has 0 aromatic heterocycles. The van der Waals surface area contributed by atoms with E-state index in [9.17, 15) is 14.4 Å². The van der Waals surface area contributed by atoms with Crippen LogP contribution in [0.5, 0.6) is 0 Å². The highest BCUT2D eigenvalue weighted by Crippen LogP contribution is 2.24. The van der Waals surface area contributed by atoms with E-state index in [1.54, 1.807) is 6.08 Å². The molecule has 0 N–H and O–H groups in total. The second-order valence-electron chi connectivity index (χ2n) is 4.21. The average molecular weight is 251 g/mol. The summed E-state index contributed by atoms with van der Waals surface area (Å²) in [5, 5.41) is 0. The molecule has 6 heteroatoms. The Hall–Kier alpha value is -1.86. The van der Waals surface area contributed by atoms with Crippen molar-refractivity contribution < 1.29 is 14.4 Å². The largest absolute Gasteiger partial charge is 0.235 e. The van der Waals surface area contributed by atoms with Crippen molar-refractivity contribution >= 4 is 18.2 Å². The number of rotatable bonds is 10. The average Bonchev–Trinajstić information content (AvgIpc) is 2.35. The summed E-state index contributed by atoms with van der Waals surface area (Å²) in [5.74, 6) is 0. The molecule has 0 aliphatic carbocycles. The molecule has 6 nitrogen and oxygen atoms in total. The maximum absolute atomic E-state index is 10.4. The van der Waals surface area contributed by atoms with Gasteiger partial charge in [0.05, 0.1) is 18.6 Å². The molecule has 0 saturated heterocycles. The van der Waals surface area contributed by atoms with Crippen LogP contribution >= 0.6 is 0 Å². The first kappa shape index (κ1) is 16.1. The van der Waals surface area contributed by atoms with Crippen LogP contribution in [-0.2, 0) is 14.4 Å². The second kappa shape index (κ2) is 10.3. The second-order valence-corrected chi connectivity index (χ2v) is 4.21. The number of isocyanates is 3. The van der Waals surface area contributed by atoms with Gasteiger partial charge in [0.25, 0.3) is 0 Å². The molecule has 1 unspecified atom stereocenters. The monoisotopic (exact) mass is 251 g/mol. The normalized spacial score (nSPS) is 12.5. The Kier molecular flexibility index (Phi) is 9.24. The minimum absolute atomic E-state index is 0.392. The molecule has 0 rings (SSSR count). The molecule has 0 amide bonds. The smallest absolute Gasteiger partial charge is 0.211 e. The molecule has 0 heterocycles. The summed E-state index contributed by atoms with van der Waals surface area (Å²) >= 11 is 0. The number of unbranched alkanes of at least 4 members (excludes halogenated alkanes) is 1. The van der Waals surface area contributed by atoms with Gasteiger partial charge in [0.2, 0.25) is 18.2 Å². The van der Waals surface area contributed by atoms with Gasteiger partial charge in [-0.15, -0.1) is 0 Å². The number of nitrogens with zero attached hydrogens (tertiary/aromatic N) is 3. The molecule has 0 bridgehead atoms. The molecule has 1 atom stereocenters. The zero-order chi connectivity index (χ0) is 13.7. The third kappa shape index (κ3) is 8.31. The SMILES string of the molecule is CC(CCCCN=C=O)(CCCN=C=O)N=C=O. The van der Waals surface area contributed by atoms with Crippen molar-refractivity contribution in [3.8, 4) is 0 Å². The fourth-order valence-electron chi connectivity index (χ4n) is 1.67. The van der Waals surface area contributed by atoms with Gasteiger partial charge >= 0.3 is 0 Å². The third-order valence-corrected chi connectivity index (χ3v) is 2.67. The van der Waals surface area contributed by atoms with Crippen LogP contribution in [0.3, 0.4) is 0 Å². The summed E-state index contributed by atoms with van der Waals surface area (Å²) in [6, 6.07) is 0. The van der Waals surface area contributed by atoms with Crippen LogP contribution in [0.2, 0.25) is 0 Å². The summed E-state index contributed by atoms with van der Waals surface area (Å²) in [5.41, 5.74) is -0.481. The Morgan fingerprint density at radius 3 is 1.94 bits per heavy atom. The molecule has 0 aliphatic heterocycles. The summed E-state index contributed by atoms with van der Waals surface area (Å²) in [6.45, 7) is 2.70. The summed E-state index contributed by atoms with van der Waals surface area (Å²) in [4.78, 5) is 40.9. The van der Waals surface area contributed by atoms with Gasteiger partial charge in [-0.3, -0.25) is 0 Å². The molecule has 98 valence electrons. The molecule has 18 heavy (non-hydrogen) atoms. The number of aliphatic imine (C=N–C) groups is 3. The Morgan fingerprint density at radius 1 is 0.833 bits per heavy atom. The molecule has 0 aliphatic rings. The van der Waals surface area contributed by atoms with Gasteiger partial charge in [-0.2, -0.15) is 4.99 Å². The first-order chi connectivity index (χ1) is 8.68. The minimum Gasteiger partial charge on any atom is -0.211 e. The van der Waals surface area contributed by atoms with Gasteiger partial charge in [0.1, 0.15) is 0 Å². The van der Waals surface area contributed by atoms with Crippen molar-refractivity contribution in [1.82, 2.24) is 0 Å². The summed E-state index contributed by atoms with van der Waals surface area (Å²) < 4.78 is 0. The van der Waals surface area contributed by atoms with Crippen molar-refractivity contribution in [2.24, 2.45) is 15.0 Å². The standard InChI is InChI=1S/C12H17N3O3/c1-12(15-11-18,6-4-8-14-10-17)5-2-3-7-13-9-16/h2-8H2,1H3. The maximum Gasteiger partial charge on any atom is 0.235 e. The molecule has 0 saturated carbocycles. The van der Waals surface area contributed by atoms with Crippen LogP contribution in [0.4, 0.5) is 0 Å². The Bertz CT molecular complexity index is 378. The molecule has 0 fully saturated rings. The van der Waals surface area contributed by atoms with E-state index in [-0.39, 0.29) is 0 Å².